The normalized spacial score (nSPS) is 25.7. The number of amides is 2. The maximum atomic E-state index is 13.6. The summed E-state index contributed by atoms with van der Waals surface area (Å²) in [5.74, 6) is -0.214. The van der Waals surface area contributed by atoms with E-state index in [2.05, 4.69) is 24.3 Å². The lowest BCUT2D eigenvalue weighted by Crippen LogP contribution is -2.41. The van der Waals surface area contributed by atoms with Gasteiger partial charge in [0.25, 0.3) is 0 Å². The van der Waals surface area contributed by atoms with Crippen LogP contribution in [-0.2, 0) is 16.1 Å². The molecule has 3 aromatic rings. The van der Waals surface area contributed by atoms with E-state index in [-0.39, 0.29) is 42.0 Å². The zero-order valence-corrected chi connectivity index (χ0v) is 16.6. The number of hydrogen-bond acceptors (Lipinski definition) is 3. The van der Waals surface area contributed by atoms with Gasteiger partial charge in [-0.25, -0.2) is 0 Å². The SMILES string of the molecule is COc1ccccc1CN1C(=O)[C@H]2C3c4ccccc4C(c4ccccc43)[C@@H]2C1=O. The van der Waals surface area contributed by atoms with Crippen LogP contribution in [0.2, 0.25) is 0 Å². The van der Waals surface area contributed by atoms with Gasteiger partial charge in [-0.2, -0.15) is 0 Å². The molecule has 3 aromatic carbocycles. The smallest absolute Gasteiger partial charge is 0.234 e. The first-order valence-corrected chi connectivity index (χ1v) is 10.4. The van der Waals surface area contributed by atoms with Crippen LogP contribution < -0.4 is 4.74 Å². The lowest BCUT2D eigenvalue weighted by Gasteiger charge is -2.45. The molecule has 3 aliphatic carbocycles. The van der Waals surface area contributed by atoms with E-state index in [1.807, 2.05) is 48.5 Å². The molecule has 0 aromatic heterocycles. The lowest BCUT2D eigenvalue weighted by atomic mass is 9.55. The molecule has 0 saturated carbocycles. The zero-order chi connectivity index (χ0) is 20.4. The summed E-state index contributed by atoms with van der Waals surface area (Å²) in [6.07, 6.45) is 0. The fourth-order valence-electron chi connectivity index (χ4n) is 5.90. The number of para-hydroxylation sites is 1. The highest BCUT2D eigenvalue weighted by atomic mass is 16.5. The second kappa shape index (κ2) is 6.30. The molecule has 2 atom stereocenters. The summed E-state index contributed by atoms with van der Waals surface area (Å²) in [4.78, 5) is 28.7. The van der Waals surface area contributed by atoms with Crippen molar-refractivity contribution in [1.29, 1.82) is 0 Å². The average molecular weight is 395 g/mol. The molecule has 1 heterocycles. The Morgan fingerprint density at radius 1 is 0.700 bits per heavy atom. The van der Waals surface area contributed by atoms with Gasteiger partial charge in [0.1, 0.15) is 5.75 Å². The molecule has 4 nitrogen and oxygen atoms in total. The predicted molar refractivity (Wildman–Crippen MR) is 112 cm³/mol. The number of benzene rings is 3. The largest absolute Gasteiger partial charge is 0.496 e. The minimum absolute atomic E-state index is 0.0603. The van der Waals surface area contributed by atoms with Crippen LogP contribution in [0.1, 0.15) is 39.7 Å². The molecule has 4 heteroatoms. The third kappa shape index (κ3) is 2.16. The summed E-state index contributed by atoms with van der Waals surface area (Å²) in [5.41, 5.74) is 5.64. The molecule has 0 radical (unpaired) electrons. The van der Waals surface area contributed by atoms with Gasteiger partial charge in [-0.05, 0) is 28.3 Å². The maximum absolute atomic E-state index is 13.6. The second-order valence-corrected chi connectivity index (χ2v) is 8.34. The van der Waals surface area contributed by atoms with Crippen LogP contribution in [0.5, 0.6) is 5.75 Å². The summed E-state index contributed by atoms with van der Waals surface area (Å²) < 4.78 is 5.45. The summed E-state index contributed by atoms with van der Waals surface area (Å²) in [5, 5.41) is 0. The number of nitrogens with zero attached hydrogens (tertiary/aromatic N) is 1. The van der Waals surface area contributed by atoms with E-state index in [1.165, 1.54) is 27.2 Å². The quantitative estimate of drug-likeness (QED) is 0.628. The van der Waals surface area contributed by atoms with Gasteiger partial charge in [0, 0.05) is 17.4 Å². The van der Waals surface area contributed by atoms with E-state index in [0.29, 0.717) is 5.75 Å². The number of likely N-dealkylation sites (tertiary alicyclic amines) is 1. The number of rotatable bonds is 3. The van der Waals surface area contributed by atoms with Gasteiger partial charge in [-0.1, -0.05) is 66.7 Å². The van der Waals surface area contributed by atoms with Crippen LogP contribution >= 0.6 is 0 Å². The van der Waals surface area contributed by atoms with Crippen molar-refractivity contribution in [3.63, 3.8) is 0 Å². The first-order valence-electron chi connectivity index (χ1n) is 10.4. The van der Waals surface area contributed by atoms with Crippen LogP contribution in [0.4, 0.5) is 0 Å². The van der Waals surface area contributed by atoms with Gasteiger partial charge in [0.2, 0.25) is 11.8 Å². The van der Waals surface area contributed by atoms with Crippen molar-refractivity contribution in [2.24, 2.45) is 11.8 Å². The van der Waals surface area contributed by atoms with Gasteiger partial charge >= 0.3 is 0 Å². The zero-order valence-electron chi connectivity index (χ0n) is 16.6. The van der Waals surface area contributed by atoms with E-state index in [1.54, 1.807) is 7.11 Å². The van der Waals surface area contributed by atoms with Crippen LogP contribution in [0, 0.1) is 11.8 Å². The Bertz CT molecular complexity index is 1080. The number of carbonyl (C=O) groups excluding carboxylic acids is 2. The number of carbonyl (C=O) groups is 2. The summed E-state index contributed by atoms with van der Waals surface area (Å²) >= 11 is 0. The lowest BCUT2D eigenvalue weighted by molar-refractivity contribution is -0.140. The summed E-state index contributed by atoms with van der Waals surface area (Å²) in [7, 11) is 1.61. The molecule has 0 N–H and O–H groups in total. The van der Waals surface area contributed by atoms with Gasteiger partial charge in [-0.3, -0.25) is 14.5 Å². The standard InChI is InChI=1S/C26H21NO3/c1-30-20-13-7-2-8-15(20)14-27-25(28)23-21-16-9-3-4-10-17(16)22(24(23)26(27)29)19-12-6-5-11-18(19)21/h2-13,21-24H,14H2,1H3/t21?,22?,23-,24-/m0/s1. The van der Waals surface area contributed by atoms with Crippen LogP contribution in [0.15, 0.2) is 72.8 Å². The van der Waals surface area contributed by atoms with Crippen molar-refractivity contribution in [2.75, 3.05) is 7.11 Å². The van der Waals surface area contributed by atoms with Crippen molar-refractivity contribution in [3.8, 4) is 5.75 Å². The highest BCUT2D eigenvalue weighted by Crippen LogP contribution is 2.61. The Labute approximate surface area is 175 Å². The fraction of sp³-hybridized carbons (Fsp3) is 0.231. The molecule has 4 aliphatic rings. The summed E-state index contributed by atoms with van der Waals surface area (Å²) in [6.45, 7) is 0.251. The number of methoxy groups -OCH3 is 1. The molecule has 1 fully saturated rings. The Hall–Kier alpha value is -3.40. The first kappa shape index (κ1) is 17.5. The van der Waals surface area contributed by atoms with Crippen molar-refractivity contribution in [2.45, 2.75) is 18.4 Å². The Morgan fingerprint density at radius 2 is 1.13 bits per heavy atom. The Kier molecular flexibility index (Phi) is 3.66. The molecule has 30 heavy (non-hydrogen) atoms. The molecule has 148 valence electrons. The number of hydrogen-bond donors (Lipinski definition) is 0. The highest BCUT2D eigenvalue weighted by molar-refractivity contribution is 6.07. The predicted octanol–water partition coefficient (Wildman–Crippen LogP) is 4.09. The van der Waals surface area contributed by atoms with Crippen LogP contribution in [0.25, 0.3) is 0 Å². The number of ether oxygens (including phenoxy) is 1. The number of imide groups is 1. The van der Waals surface area contributed by atoms with Crippen molar-refractivity contribution in [1.82, 2.24) is 4.90 Å². The molecular formula is C26H21NO3. The average Bonchev–Trinajstić information content (AvgIpc) is 3.05. The monoisotopic (exact) mass is 395 g/mol. The Balaban J connectivity index is 1.48. The third-order valence-electron chi connectivity index (χ3n) is 7.06. The minimum Gasteiger partial charge on any atom is -0.496 e. The minimum atomic E-state index is -0.331. The Morgan fingerprint density at radius 3 is 1.60 bits per heavy atom. The molecule has 0 spiro atoms. The molecular weight excluding hydrogens is 374 g/mol. The van der Waals surface area contributed by atoms with Gasteiger partial charge in [-0.15, -0.1) is 0 Å². The van der Waals surface area contributed by atoms with Gasteiger partial charge in [0.15, 0.2) is 0 Å². The van der Waals surface area contributed by atoms with E-state index < -0.39 is 0 Å². The molecule has 1 aliphatic heterocycles. The first-order chi connectivity index (χ1) is 14.7. The molecule has 2 bridgehead atoms. The van der Waals surface area contributed by atoms with E-state index >= 15 is 0 Å². The van der Waals surface area contributed by atoms with Gasteiger partial charge in [0.05, 0.1) is 25.5 Å². The van der Waals surface area contributed by atoms with Crippen molar-refractivity contribution in [3.05, 3.63) is 101 Å². The van der Waals surface area contributed by atoms with Crippen LogP contribution in [-0.4, -0.2) is 23.8 Å². The second-order valence-electron chi connectivity index (χ2n) is 8.34. The van der Waals surface area contributed by atoms with Crippen LogP contribution in [0.3, 0.4) is 0 Å². The highest BCUT2D eigenvalue weighted by Gasteiger charge is 2.61. The summed E-state index contributed by atoms with van der Waals surface area (Å²) in [6, 6.07) is 24.2. The van der Waals surface area contributed by atoms with Gasteiger partial charge < -0.3 is 4.74 Å². The molecule has 2 amide bonds. The van der Waals surface area contributed by atoms with E-state index in [9.17, 15) is 9.59 Å². The maximum Gasteiger partial charge on any atom is 0.234 e. The topological polar surface area (TPSA) is 46.6 Å². The van der Waals surface area contributed by atoms with Crippen molar-refractivity contribution < 1.29 is 14.3 Å². The fourth-order valence-corrected chi connectivity index (χ4v) is 5.90. The molecule has 0 unspecified atom stereocenters. The molecule has 1 saturated heterocycles. The van der Waals surface area contributed by atoms with E-state index in [0.717, 1.165) is 5.56 Å². The molecule has 7 rings (SSSR count). The van der Waals surface area contributed by atoms with Crippen molar-refractivity contribution >= 4 is 11.8 Å². The third-order valence-corrected chi connectivity index (χ3v) is 7.06. The van der Waals surface area contributed by atoms with E-state index in [4.69, 9.17) is 4.74 Å².